The molecular weight excluding hydrogens is 306 g/mol. The highest BCUT2D eigenvalue weighted by Crippen LogP contribution is 2.16. The fourth-order valence-corrected chi connectivity index (χ4v) is 2.40. The number of carbonyl (C=O) groups excluding carboxylic acids is 2. The van der Waals surface area contributed by atoms with E-state index in [1.807, 2.05) is 12.1 Å². The number of nitrogens with one attached hydrogen (secondary N) is 1. The van der Waals surface area contributed by atoms with Crippen LogP contribution in [0.3, 0.4) is 0 Å². The molecule has 0 saturated carbocycles. The molecule has 0 unspecified atom stereocenters. The van der Waals surface area contributed by atoms with E-state index in [9.17, 15) is 9.59 Å². The van der Waals surface area contributed by atoms with Crippen molar-refractivity contribution in [3.8, 4) is 5.75 Å². The van der Waals surface area contributed by atoms with Crippen molar-refractivity contribution in [2.24, 2.45) is 0 Å². The Kier molecular flexibility index (Phi) is 5.89. The molecule has 1 heterocycles. The van der Waals surface area contributed by atoms with E-state index in [1.54, 1.807) is 28.9 Å². The SMILES string of the molecule is CC(=O)N1CCN(C(=O)NCCOc2cccc(Cl)c2)CC1. The summed E-state index contributed by atoms with van der Waals surface area (Å²) in [5.41, 5.74) is 0. The molecule has 0 radical (unpaired) electrons. The normalized spacial score (nSPS) is 14.6. The lowest BCUT2D eigenvalue weighted by atomic mass is 10.3. The molecule has 0 bridgehead atoms. The molecule has 1 aromatic rings. The molecule has 3 amide bonds. The van der Waals surface area contributed by atoms with E-state index >= 15 is 0 Å². The van der Waals surface area contributed by atoms with Crippen molar-refractivity contribution in [3.05, 3.63) is 29.3 Å². The third-order valence-corrected chi connectivity index (χ3v) is 3.69. The smallest absolute Gasteiger partial charge is 0.317 e. The summed E-state index contributed by atoms with van der Waals surface area (Å²) in [4.78, 5) is 26.6. The van der Waals surface area contributed by atoms with Crippen LogP contribution in [0.5, 0.6) is 5.75 Å². The maximum absolute atomic E-state index is 12.0. The number of piperazine rings is 1. The number of halogens is 1. The van der Waals surface area contributed by atoms with Crippen molar-refractivity contribution in [1.82, 2.24) is 15.1 Å². The fraction of sp³-hybridized carbons (Fsp3) is 0.467. The molecule has 0 atom stereocenters. The van der Waals surface area contributed by atoms with Crippen LogP contribution in [0.4, 0.5) is 4.79 Å². The zero-order valence-corrected chi connectivity index (χ0v) is 13.3. The summed E-state index contributed by atoms with van der Waals surface area (Å²) < 4.78 is 5.50. The van der Waals surface area contributed by atoms with Gasteiger partial charge in [-0.1, -0.05) is 17.7 Å². The van der Waals surface area contributed by atoms with Gasteiger partial charge >= 0.3 is 6.03 Å². The van der Waals surface area contributed by atoms with Crippen LogP contribution >= 0.6 is 11.6 Å². The van der Waals surface area contributed by atoms with E-state index in [1.165, 1.54) is 0 Å². The summed E-state index contributed by atoms with van der Waals surface area (Å²) in [6.07, 6.45) is 0. The van der Waals surface area contributed by atoms with Crippen molar-refractivity contribution >= 4 is 23.5 Å². The van der Waals surface area contributed by atoms with Gasteiger partial charge in [0.2, 0.25) is 5.91 Å². The first-order valence-corrected chi connectivity index (χ1v) is 7.61. The molecule has 22 heavy (non-hydrogen) atoms. The molecule has 0 spiro atoms. The van der Waals surface area contributed by atoms with Gasteiger partial charge in [0.05, 0.1) is 6.54 Å². The van der Waals surface area contributed by atoms with Crippen molar-refractivity contribution in [2.45, 2.75) is 6.92 Å². The topological polar surface area (TPSA) is 61.9 Å². The Morgan fingerprint density at radius 3 is 2.55 bits per heavy atom. The second kappa shape index (κ2) is 7.89. The van der Waals surface area contributed by atoms with Gasteiger partial charge in [0, 0.05) is 38.1 Å². The Hall–Kier alpha value is -1.95. The summed E-state index contributed by atoms with van der Waals surface area (Å²) in [6, 6.07) is 7.00. The highest BCUT2D eigenvalue weighted by molar-refractivity contribution is 6.30. The summed E-state index contributed by atoms with van der Waals surface area (Å²) >= 11 is 5.86. The number of ether oxygens (including phenoxy) is 1. The minimum absolute atomic E-state index is 0.0509. The van der Waals surface area contributed by atoms with Crippen LogP contribution in [0.15, 0.2) is 24.3 Å². The van der Waals surface area contributed by atoms with Gasteiger partial charge in [-0.25, -0.2) is 4.79 Å². The highest BCUT2D eigenvalue weighted by Gasteiger charge is 2.21. The number of nitrogens with zero attached hydrogens (tertiary/aromatic N) is 2. The number of urea groups is 1. The van der Waals surface area contributed by atoms with Gasteiger partial charge in [-0.2, -0.15) is 0 Å². The fourth-order valence-electron chi connectivity index (χ4n) is 2.22. The zero-order valence-electron chi connectivity index (χ0n) is 12.5. The van der Waals surface area contributed by atoms with E-state index in [0.717, 1.165) is 0 Å². The van der Waals surface area contributed by atoms with Crippen molar-refractivity contribution in [3.63, 3.8) is 0 Å². The molecule has 1 aliphatic rings. The van der Waals surface area contributed by atoms with Crippen LogP contribution < -0.4 is 10.1 Å². The molecule has 0 aromatic heterocycles. The zero-order chi connectivity index (χ0) is 15.9. The molecule has 1 N–H and O–H groups in total. The monoisotopic (exact) mass is 325 g/mol. The first-order chi connectivity index (χ1) is 10.6. The third kappa shape index (κ3) is 4.80. The van der Waals surface area contributed by atoms with Gasteiger partial charge in [-0.05, 0) is 18.2 Å². The van der Waals surface area contributed by atoms with E-state index < -0.39 is 0 Å². The lowest BCUT2D eigenvalue weighted by Gasteiger charge is -2.34. The predicted octanol–water partition coefficient (Wildman–Crippen LogP) is 1.59. The third-order valence-electron chi connectivity index (χ3n) is 3.46. The largest absolute Gasteiger partial charge is 0.492 e. The summed E-state index contributed by atoms with van der Waals surface area (Å²) in [6.45, 7) is 4.62. The van der Waals surface area contributed by atoms with E-state index in [2.05, 4.69) is 5.32 Å². The van der Waals surface area contributed by atoms with Crippen LogP contribution in [0.1, 0.15) is 6.92 Å². The van der Waals surface area contributed by atoms with Crippen molar-refractivity contribution in [1.29, 1.82) is 0 Å². The summed E-state index contributed by atoms with van der Waals surface area (Å²) in [5, 5.41) is 3.42. The number of hydrogen-bond donors (Lipinski definition) is 1. The average molecular weight is 326 g/mol. The first-order valence-electron chi connectivity index (χ1n) is 7.23. The van der Waals surface area contributed by atoms with Gasteiger partial charge in [0.1, 0.15) is 12.4 Å². The Labute approximate surface area is 135 Å². The van der Waals surface area contributed by atoms with Crippen LogP contribution in [0.25, 0.3) is 0 Å². The minimum atomic E-state index is -0.127. The van der Waals surface area contributed by atoms with Gasteiger partial charge in [0.15, 0.2) is 0 Å². The summed E-state index contributed by atoms with van der Waals surface area (Å²) in [5.74, 6) is 0.729. The van der Waals surface area contributed by atoms with Crippen LogP contribution in [-0.2, 0) is 4.79 Å². The number of carbonyl (C=O) groups is 2. The van der Waals surface area contributed by atoms with E-state index in [-0.39, 0.29) is 11.9 Å². The Balaban J connectivity index is 1.65. The molecule has 1 aromatic carbocycles. The molecule has 7 heteroatoms. The minimum Gasteiger partial charge on any atom is -0.492 e. The molecule has 1 saturated heterocycles. The second-order valence-electron chi connectivity index (χ2n) is 5.03. The maximum atomic E-state index is 12.0. The van der Waals surface area contributed by atoms with Gasteiger partial charge in [0.25, 0.3) is 0 Å². The average Bonchev–Trinajstić information content (AvgIpc) is 2.51. The molecule has 6 nitrogen and oxygen atoms in total. The van der Waals surface area contributed by atoms with Crippen molar-refractivity contribution in [2.75, 3.05) is 39.3 Å². The highest BCUT2D eigenvalue weighted by atomic mass is 35.5. The van der Waals surface area contributed by atoms with Crippen molar-refractivity contribution < 1.29 is 14.3 Å². The Morgan fingerprint density at radius 2 is 1.91 bits per heavy atom. The lowest BCUT2D eigenvalue weighted by Crippen LogP contribution is -2.53. The van der Waals surface area contributed by atoms with Gasteiger partial charge < -0.3 is 19.9 Å². The number of hydrogen-bond acceptors (Lipinski definition) is 3. The van der Waals surface area contributed by atoms with Crippen LogP contribution in [0.2, 0.25) is 5.02 Å². The second-order valence-corrected chi connectivity index (χ2v) is 5.47. The quantitative estimate of drug-likeness (QED) is 0.855. The van der Waals surface area contributed by atoms with Crippen LogP contribution in [-0.4, -0.2) is 61.1 Å². The number of benzene rings is 1. The molecule has 120 valence electrons. The molecule has 1 fully saturated rings. The van der Waals surface area contributed by atoms with Crippen LogP contribution in [0, 0.1) is 0 Å². The molecule has 0 aliphatic carbocycles. The van der Waals surface area contributed by atoms with E-state index in [0.29, 0.717) is 50.1 Å². The molecular formula is C15H20ClN3O3. The van der Waals surface area contributed by atoms with E-state index in [4.69, 9.17) is 16.3 Å². The Morgan fingerprint density at radius 1 is 1.23 bits per heavy atom. The maximum Gasteiger partial charge on any atom is 0.317 e. The standard InChI is InChI=1S/C15H20ClN3O3/c1-12(20)18-6-8-19(9-7-18)15(21)17-5-10-22-14-4-2-3-13(16)11-14/h2-4,11H,5-10H2,1H3,(H,17,21). The first kappa shape index (κ1) is 16.4. The number of rotatable bonds is 4. The molecule has 1 aliphatic heterocycles. The Bertz CT molecular complexity index is 531. The predicted molar refractivity (Wildman–Crippen MR) is 84.2 cm³/mol. The summed E-state index contributed by atoms with van der Waals surface area (Å²) in [7, 11) is 0. The van der Waals surface area contributed by atoms with Gasteiger partial charge in [-0.15, -0.1) is 0 Å². The van der Waals surface area contributed by atoms with Gasteiger partial charge in [-0.3, -0.25) is 4.79 Å². The lowest BCUT2D eigenvalue weighted by molar-refractivity contribution is -0.130. The molecule has 2 rings (SSSR count). The number of amides is 3.